The van der Waals surface area contributed by atoms with Crippen molar-refractivity contribution in [1.82, 2.24) is 25.1 Å². The Kier molecular flexibility index (Phi) is 6.04. The number of rotatable bonds is 6. The van der Waals surface area contributed by atoms with Crippen LogP contribution < -0.4 is 16.2 Å². The van der Waals surface area contributed by atoms with Gasteiger partial charge in [-0.15, -0.1) is 0 Å². The number of hydrogen-bond acceptors (Lipinski definition) is 5. The number of aryl methyl sites for hydroxylation is 2. The van der Waals surface area contributed by atoms with Crippen molar-refractivity contribution in [2.24, 2.45) is 0 Å². The van der Waals surface area contributed by atoms with E-state index in [9.17, 15) is 14.4 Å². The number of aromatic nitrogens is 4. The van der Waals surface area contributed by atoms with E-state index < -0.39 is 11.8 Å². The molecule has 2 amide bonds. The second kappa shape index (κ2) is 8.22. The SMILES string of the molecule is CCCNC(=O)C(=O)Nc1cc(C)nn1-c1nc(CCC)cc(=O)[nH]1. The molecule has 2 rings (SSSR count). The minimum Gasteiger partial charge on any atom is -0.348 e. The molecule has 9 heteroatoms. The summed E-state index contributed by atoms with van der Waals surface area (Å²) in [6.45, 7) is 6.03. The van der Waals surface area contributed by atoms with E-state index in [1.165, 1.54) is 10.7 Å². The van der Waals surface area contributed by atoms with Gasteiger partial charge in [0.1, 0.15) is 5.82 Å². The van der Waals surface area contributed by atoms with Crippen molar-refractivity contribution in [3.8, 4) is 5.95 Å². The second-order valence-electron chi connectivity index (χ2n) is 5.60. The molecule has 2 aromatic rings. The fourth-order valence-corrected chi connectivity index (χ4v) is 2.22. The van der Waals surface area contributed by atoms with Gasteiger partial charge in [-0.3, -0.25) is 19.4 Å². The number of nitrogens with one attached hydrogen (secondary N) is 3. The summed E-state index contributed by atoms with van der Waals surface area (Å²) in [5.74, 6) is -1.09. The highest BCUT2D eigenvalue weighted by Gasteiger charge is 2.18. The van der Waals surface area contributed by atoms with E-state index in [-0.39, 0.29) is 17.3 Å². The van der Waals surface area contributed by atoms with Gasteiger partial charge >= 0.3 is 11.8 Å². The molecule has 2 aromatic heterocycles. The van der Waals surface area contributed by atoms with Crippen molar-refractivity contribution in [3.63, 3.8) is 0 Å². The highest BCUT2D eigenvalue weighted by Crippen LogP contribution is 2.14. The van der Waals surface area contributed by atoms with Gasteiger partial charge in [-0.25, -0.2) is 4.98 Å². The van der Waals surface area contributed by atoms with Crippen molar-refractivity contribution in [2.45, 2.75) is 40.0 Å². The zero-order valence-corrected chi connectivity index (χ0v) is 14.5. The van der Waals surface area contributed by atoms with Crippen molar-refractivity contribution < 1.29 is 9.59 Å². The van der Waals surface area contributed by atoms with Crippen LogP contribution in [0.2, 0.25) is 0 Å². The Morgan fingerprint density at radius 3 is 2.64 bits per heavy atom. The zero-order chi connectivity index (χ0) is 18.4. The number of carbonyl (C=O) groups excluding carboxylic acids is 2. The third-order valence-electron chi connectivity index (χ3n) is 3.30. The maximum absolute atomic E-state index is 12.0. The first-order valence-corrected chi connectivity index (χ1v) is 8.21. The molecule has 0 saturated heterocycles. The number of anilines is 1. The normalized spacial score (nSPS) is 10.5. The quantitative estimate of drug-likeness (QED) is 0.664. The maximum atomic E-state index is 12.0. The Balaban J connectivity index is 2.31. The van der Waals surface area contributed by atoms with E-state index in [1.54, 1.807) is 13.0 Å². The van der Waals surface area contributed by atoms with Crippen LogP contribution in [-0.4, -0.2) is 38.1 Å². The predicted octanol–water partition coefficient (Wildman–Crippen LogP) is 0.681. The van der Waals surface area contributed by atoms with Gasteiger partial charge in [0.2, 0.25) is 5.95 Å². The van der Waals surface area contributed by atoms with Crippen LogP contribution in [0.1, 0.15) is 38.1 Å². The third kappa shape index (κ3) is 4.75. The van der Waals surface area contributed by atoms with E-state index in [0.29, 0.717) is 24.4 Å². The Morgan fingerprint density at radius 1 is 1.20 bits per heavy atom. The summed E-state index contributed by atoms with van der Waals surface area (Å²) >= 11 is 0. The molecule has 3 N–H and O–H groups in total. The molecular formula is C16H22N6O3. The van der Waals surface area contributed by atoms with Gasteiger partial charge in [0.15, 0.2) is 0 Å². The third-order valence-corrected chi connectivity index (χ3v) is 3.30. The number of hydrogen-bond donors (Lipinski definition) is 3. The topological polar surface area (TPSA) is 122 Å². The van der Waals surface area contributed by atoms with Crippen molar-refractivity contribution in [2.75, 3.05) is 11.9 Å². The van der Waals surface area contributed by atoms with Gasteiger partial charge < -0.3 is 10.6 Å². The predicted molar refractivity (Wildman–Crippen MR) is 92.6 cm³/mol. The number of amides is 2. The smallest absolute Gasteiger partial charge is 0.314 e. The Morgan fingerprint density at radius 2 is 1.96 bits per heavy atom. The summed E-state index contributed by atoms with van der Waals surface area (Å²) in [5, 5.41) is 9.23. The highest BCUT2D eigenvalue weighted by molar-refractivity contribution is 6.39. The molecule has 0 aromatic carbocycles. The first-order valence-electron chi connectivity index (χ1n) is 8.21. The van der Waals surface area contributed by atoms with Crippen LogP contribution in [0.15, 0.2) is 16.9 Å². The Labute approximate surface area is 144 Å². The first-order chi connectivity index (χ1) is 11.9. The zero-order valence-electron chi connectivity index (χ0n) is 14.5. The molecule has 0 spiro atoms. The van der Waals surface area contributed by atoms with E-state index >= 15 is 0 Å². The lowest BCUT2D eigenvalue weighted by Gasteiger charge is -2.09. The molecular weight excluding hydrogens is 324 g/mol. The highest BCUT2D eigenvalue weighted by atomic mass is 16.2. The average Bonchev–Trinajstić information content (AvgIpc) is 2.92. The summed E-state index contributed by atoms with van der Waals surface area (Å²) in [5.41, 5.74) is 0.930. The van der Waals surface area contributed by atoms with Crippen molar-refractivity contribution in [1.29, 1.82) is 0 Å². The molecule has 2 heterocycles. The van der Waals surface area contributed by atoms with Crippen LogP contribution in [0.5, 0.6) is 0 Å². The van der Waals surface area contributed by atoms with Crippen LogP contribution in [0.25, 0.3) is 5.95 Å². The molecule has 0 saturated carbocycles. The van der Waals surface area contributed by atoms with Crippen molar-refractivity contribution in [3.05, 3.63) is 33.9 Å². The van der Waals surface area contributed by atoms with Crippen LogP contribution >= 0.6 is 0 Å². The molecule has 0 aliphatic rings. The number of H-pyrrole nitrogens is 1. The fraction of sp³-hybridized carbons (Fsp3) is 0.438. The molecule has 0 aliphatic heterocycles. The molecule has 0 aliphatic carbocycles. The minimum absolute atomic E-state index is 0.188. The van der Waals surface area contributed by atoms with Gasteiger partial charge in [-0.1, -0.05) is 20.3 Å². The second-order valence-corrected chi connectivity index (χ2v) is 5.60. The molecule has 0 bridgehead atoms. The molecule has 134 valence electrons. The molecule has 0 radical (unpaired) electrons. The summed E-state index contributed by atoms with van der Waals surface area (Å²) in [4.78, 5) is 42.5. The molecule has 0 atom stereocenters. The van der Waals surface area contributed by atoms with Crippen LogP contribution in [0, 0.1) is 6.92 Å². The molecule has 9 nitrogen and oxygen atoms in total. The fourth-order valence-electron chi connectivity index (χ4n) is 2.22. The lowest BCUT2D eigenvalue weighted by molar-refractivity contribution is -0.136. The Bertz CT molecular complexity index is 824. The van der Waals surface area contributed by atoms with Crippen LogP contribution in [0.4, 0.5) is 5.82 Å². The lowest BCUT2D eigenvalue weighted by atomic mass is 10.2. The molecule has 25 heavy (non-hydrogen) atoms. The number of nitrogens with zero attached hydrogens (tertiary/aromatic N) is 3. The summed E-state index contributed by atoms with van der Waals surface area (Å²) in [7, 11) is 0. The maximum Gasteiger partial charge on any atom is 0.314 e. The molecule has 0 unspecified atom stereocenters. The van der Waals surface area contributed by atoms with Gasteiger partial charge in [0.25, 0.3) is 5.56 Å². The average molecular weight is 346 g/mol. The van der Waals surface area contributed by atoms with Crippen molar-refractivity contribution >= 4 is 17.6 Å². The largest absolute Gasteiger partial charge is 0.348 e. The standard InChI is InChI=1S/C16H22N6O3/c1-4-6-11-9-13(23)20-16(18-11)22-12(8-10(3)21-22)19-15(25)14(24)17-7-5-2/h8-9H,4-7H2,1-3H3,(H,17,24)(H,19,25)(H,18,20,23). The van der Waals surface area contributed by atoms with E-state index in [1.807, 2.05) is 13.8 Å². The monoisotopic (exact) mass is 346 g/mol. The summed E-state index contributed by atoms with van der Waals surface area (Å²) in [6, 6.07) is 3.03. The van der Waals surface area contributed by atoms with Gasteiger partial charge in [-0.05, 0) is 19.8 Å². The number of carbonyl (C=O) groups is 2. The lowest BCUT2D eigenvalue weighted by Crippen LogP contribution is -2.36. The molecule has 0 fully saturated rings. The summed E-state index contributed by atoms with van der Waals surface area (Å²) in [6.07, 6.45) is 2.22. The van der Waals surface area contributed by atoms with Gasteiger partial charge in [0.05, 0.1) is 5.69 Å². The van der Waals surface area contributed by atoms with Crippen LogP contribution in [0.3, 0.4) is 0 Å². The summed E-state index contributed by atoms with van der Waals surface area (Å²) < 4.78 is 1.31. The van der Waals surface area contributed by atoms with Gasteiger partial charge in [0, 0.05) is 24.4 Å². The van der Waals surface area contributed by atoms with Crippen LogP contribution in [-0.2, 0) is 16.0 Å². The Hall–Kier alpha value is -2.97. The van der Waals surface area contributed by atoms with E-state index in [4.69, 9.17) is 0 Å². The van der Waals surface area contributed by atoms with Gasteiger partial charge in [-0.2, -0.15) is 9.78 Å². The minimum atomic E-state index is -0.804. The van der Waals surface area contributed by atoms with E-state index in [2.05, 4.69) is 25.7 Å². The number of aromatic amines is 1. The first kappa shape index (κ1) is 18.4. The van der Waals surface area contributed by atoms with E-state index in [0.717, 1.165) is 12.8 Å².